The van der Waals surface area contributed by atoms with Gasteiger partial charge >= 0.3 is 0 Å². The van der Waals surface area contributed by atoms with E-state index in [2.05, 4.69) is 78.0 Å². The van der Waals surface area contributed by atoms with Gasteiger partial charge in [-0.3, -0.25) is 4.79 Å². The van der Waals surface area contributed by atoms with E-state index >= 15 is 0 Å². The zero-order valence-electron chi connectivity index (χ0n) is 16.7. The van der Waals surface area contributed by atoms with Gasteiger partial charge in [-0.05, 0) is 43.0 Å². The summed E-state index contributed by atoms with van der Waals surface area (Å²) < 4.78 is 2.31. The summed E-state index contributed by atoms with van der Waals surface area (Å²) in [6.45, 7) is 5.96. The van der Waals surface area contributed by atoms with E-state index in [0.29, 0.717) is 0 Å². The molecule has 0 fully saturated rings. The van der Waals surface area contributed by atoms with Crippen molar-refractivity contribution in [3.63, 3.8) is 0 Å². The highest BCUT2D eigenvalue weighted by Crippen LogP contribution is 2.35. The van der Waals surface area contributed by atoms with Crippen molar-refractivity contribution in [1.29, 1.82) is 0 Å². The number of carbonyl (C=O) groups excluding carboxylic acids is 1. The van der Waals surface area contributed by atoms with Gasteiger partial charge in [0, 0.05) is 25.0 Å². The molecule has 0 spiro atoms. The first-order valence-electron chi connectivity index (χ1n) is 10.3. The van der Waals surface area contributed by atoms with Crippen molar-refractivity contribution in [2.45, 2.75) is 45.2 Å². The van der Waals surface area contributed by atoms with Crippen LogP contribution in [0.15, 0.2) is 72.9 Å². The number of hydrogen-bond acceptors (Lipinski definition) is 1. The van der Waals surface area contributed by atoms with Gasteiger partial charge in [0.15, 0.2) is 0 Å². The summed E-state index contributed by atoms with van der Waals surface area (Å²) in [6, 6.07) is 23.0. The molecule has 0 aliphatic carbocycles. The van der Waals surface area contributed by atoms with Crippen molar-refractivity contribution in [1.82, 2.24) is 9.47 Å². The number of hydrogen-bond donors (Lipinski definition) is 0. The summed E-state index contributed by atoms with van der Waals surface area (Å²) in [5.41, 5.74) is 4.73. The fourth-order valence-corrected chi connectivity index (χ4v) is 4.45. The molecular weight excluding hydrogens is 344 g/mol. The number of nitrogens with zero attached hydrogens (tertiary/aromatic N) is 2. The number of aryl methyl sites for hydroxylation is 2. The fraction of sp³-hybridized carbons (Fsp3) is 0.320. The van der Waals surface area contributed by atoms with Gasteiger partial charge in [-0.15, -0.1) is 0 Å². The second-order valence-electron chi connectivity index (χ2n) is 7.70. The summed E-state index contributed by atoms with van der Waals surface area (Å²) in [6.07, 6.45) is 3.92. The van der Waals surface area contributed by atoms with E-state index in [1.54, 1.807) is 0 Å². The van der Waals surface area contributed by atoms with Crippen molar-refractivity contribution >= 4 is 5.91 Å². The normalized spacial score (nSPS) is 17.6. The summed E-state index contributed by atoms with van der Waals surface area (Å²) in [7, 11) is 0. The minimum absolute atomic E-state index is 0.0392. The van der Waals surface area contributed by atoms with E-state index in [-0.39, 0.29) is 17.9 Å². The highest BCUT2D eigenvalue weighted by atomic mass is 16.2. The van der Waals surface area contributed by atoms with Crippen LogP contribution in [-0.2, 0) is 11.3 Å². The largest absolute Gasteiger partial charge is 0.349 e. The van der Waals surface area contributed by atoms with Gasteiger partial charge in [0.05, 0.1) is 12.0 Å². The smallest absolute Gasteiger partial charge is 0.230 e. The Morgan fingerprint density at radius 2 is 1.86 bits per heavy atom. The molecule has 3 heteroatoms. The maximum atomic E-state index is 13.8. The van der Waals surface area contributed by atoms with Crippen molar-refractivity contribution in [3.05, 3.63) is 95.3 Å². The van der Waals surface area contributed by atoms with Crippen LogP contribution in [0, 0.1) is 6.92 Å². The molecule has 2 aromatic carbocycles. The molecule has 144 valence electrons. The summed E-state index contributed by atoms with van der Waals surface area (Å²) in [5, 5.41) is 0. The minimum atomic E-state index is -0.102. The lowest BCUT2D eigenvalue weighted by Gasteiger charge is -2.33. The Labute approximate surface area is 167 Å². The van der Waals surface area contributed by atoms with E-state index in [1.807, 2.05) is 18.2 Å². The Hall–Kier alpha value is -2.81. The topological polar surface area (TPSA) is 25.2 Å². The number of amides is 1. The van der Waals surface area contributed by atoms with Crippen molar-refractivity contribution in [3.8, 4) is 0 Å². The zero-order valence-corrected chi connectivity index (χ0v) is 16.7. The molecule has 1 aliphatic rings. The van der Waals surface area contributed by atoms with E-state index in [1.165, 1.54) is 16.8 Å². The van der Waals surface area contributed by atoms with Crippen LogP contribution in [0.3, 0.4) is 0 Å². The molecule has 1 aromatic heterocycles. The predicted molar refractivity (Wildman–Crippen MR) is 113 cm³/mol. The number of fused-ring (bicyclic) bond motifs is 1. The molecule has 0 bridgehead atoms. The third-order valence-electron chi connectivity index (χ3n) is 5.80. The molecular formula is C25H28N2O. The van der Waals surface area contributed by atoms with Gasteiger partial charge < -0.3 is 9.47 Å². The average Bonchev–Trinajstić information content (AvgIpc) is 3.09. The highest BCUT2D eigenvalue weighted by molar-refractivity contribution is 5.84. The van der Waals surface area contributed by atoms with Crippen LogP contribution in [0.2, 0.25) is 0 Å². The van der Waals surface area contributed by atoms with Crippen LogP contribution >= 0.6 is 0 Å². The van der Waals surface area contributed by atoms with E-state index < -0.39 is 0 Å². The van der Waals surface area contributed by atoms with Crippen LogP contribution in [0.4, 0.5) is 0 Å². The quantitative estimate of drug-likeness (QED) is 0.609. The molecule has 0 radical (unpaired) electrons. The highest BCUT2D eigenvalue weighted by Gasteiger charge is 2.34. The van der Waals surface area contributed by atoms with Crippen molar-refractivity contribution in [2.24, 2.45) is 0 Å². The SMILES string of the molecule is CCC(C(=O)N1CCCn2cccc2C1c1cccc(C)c1)c1ccccc1. The fourth-order valence-electron chi connectivity index (χ4n) is 4.45. The standard InChI is InChI=1S/C25H28N2O/c1-3-22(20-11-5-4-6-12-20)25(28)27-17-9-16-26-15-8-14-23(26)24(27)21-13-7-10-19(2)18-21/h4-8,10-15,18,22,24H,3,9,16-17H2,1-2H3. The molecule has 0 N–H and O–H groups in total. The van der Waals surface area contributed by atoms with E-state index in [4.69, 9.17) is 0 Å². The van der Waals surface area contributed by atoms with Gasteiger partial charge in [-0.25, -0.2) is 0 Å². The Balaban J connectivity index is 1.78. The molecule has 2 unspecified atom stereocenters. The van der Waals surface area contributed by atoms with Crippen LogP contribution in [0.25, 0.3) is 0 Å². The van der Waals surface area contributed by atoms with Crippen LogP contribution in [0.1, 0.15) is 54.1 Å². The average molecular weight is 373 g/mol. The molecule has 28 heavy (non-hydrogen) atoms. The first-order valence-corrected chi connectivity index (χ1v) is 10.3. The zero-order chi connectivity index (χ0) is 19.5. The summed E-state index contributed by atoms with van der Waals surface area (Å²) >= 11 is 0. The van der Waals surface area contributed by atoms with Crippen LogP contribution in [0.5, 0.6) is 0 Å². The molecule has 3 aromatic rings. The van der Waals surface area contributed by atoms with E-state index in [0.717, 1.165) is 31.5 Å². The number of benzene rings is 2. The molecule has 2 heterocycles. The molecule has 0 saturated carbocycles. The maximum absolute atomic E-state index is 13.8. The molecule has 1 aliphatic heterocycles. The van der Waals surface area contributed by atoms with Gasteiger partial charge in [0.25, 0.3) is 0 Å². The Bertz CT molecular complexity index is 944. The van der Waals surface area contributed by atoms with Crippen LogP contribution < -0.4 is 0 Å². The summed E-state index contributed by atoms with van der Waals surface area (Å²) in [4.78, 5) is 15.9. The lowest BCUT2D eigenvalue weighted by atomic mass is 9.92. The van der Waals surface area contributed by atoms with Crippen molar-refractivity contribution in [2.75, 3.05) is 6.54 Å². The van der Waals surface area contributed by atoms with Gasteiger partial charge in [0.2, 0.25) is 5.91 Å². The first kappa shape index (κ1) is 18.5. The van der Waals surface area contributed by atoms with Crippen molar-refractivity contribution < 1.29 is 4.79 Å². The number of rotatable bonds is 4. The molecule has 2 atom stereocenters. The molecule has 4 rings (SSSR count). The second kappa shape index (κ2) is 8.05. The third-order valence-corrected chi connectivity index (χ3v) is 5.80. The lowest BCUT2D eigenvalue weighted by Crippen LogP contribution is -2.39. The minimum Gasteiger partial charge on any atom is -0.349 e. The first-order chi connectivity index (χ1) is 13.7. The van der Waals surface area contributed by atoms with Gasteiger partial charge in [0.1, 0.15) is 0 Å². The lowest BCUT2D eigenvalue weighted by molar-refractivity contribution is -0.134. The Morgan fingerprint density at radius 3 is 2.61 bits per heavy atom. The molecule has 3 nitrogen and oxygen atoms in total. The summed E-state index contributed by atoms with van der Waals surface area (Å²) in [5.74, 6) is 0.130. The predicted octanol–water partition coefficient (Wildman–Crippen LogP) is 5.31. The number of carbonyl (C=O) groups is 1. The van der Waals surface area contributed by atoms with Gasteiger partial charge in [-0.2, -0.15) is 0 Å². The molecule has 0 saturated heterocycles. The number of aromatic nitrogens is 1. The second-order valence-corrected chi connectivity index (χ2v) is 7.70. The maximum Gasteiger partial charge on any atom is 0.230 e. The monoisotopic (exact) mass is 372 g/mol. The van der Waals surface area contributed by atoms with Crippen LogP contribution in [-0.4, -0.2) is 21.9 Å². The third kappa shape index (κ3) is 3.49. The Morgan fingerprint density at radius 1 is 1.04 bits per heavy atom. The van der Waals surface area contributed by atoms with Gasteiger partial charge in [-0.1, -0.05) is 67.1 Å². The van der Waals surface area contributed by atoms with E-state index in [9.17, 15) is 4.79 Å². The molecule has 1 amide bonds. The Kier molecular flexibility index (Phi) is 5.34.